The molecule has 2 aliphatic rings. The molecule has 1 atom stereocenters. The molecule has 0 bridgehead atoms. The molecular weight excluding hydrogens is 266 g/mol. The molecule has 6 heteroatoms. The number of nitrogens with two attached hydrogens (primary N) is 1. The number of rotatable bonds is 2. The summed E-state index contributed by atoms with van der Waals surface area (Å²) in [5, 5.41) is 0. The average molecular weight is 289 g/mol. The second-order valence-electron chi connectivity index (χ2n) is 5.99. The minimum atomic E-state index is 0.0701. The molecule has 2 saturated heterocycles. The number of aromatic nitrogens is 1. The predicted octanol–water partition coefficient (Wildman–Crippen LogP) is 0.00660. The Kier molecular flexibility index (Phi) is 4.07. The van der Waals surface area contributed by atoms with Crippen LogP contribution in [0, 0.1) is 0 Å². The summed E-state index contributed by atoms with van der Waals surface area (Å²) < 4.78 is 0. The Balaban J connectivity index is 1.72. The summed E-state index contributed by atoms with van der Waals surface area (Å²) in [5.41, 5.74) is 6.60. The molecule has 1 aromatic heterocycles. The second-order valence-corrected chi connectivity index (χ2v) is 5.99. The van der Waals surface area contributed by atoms with Crippen LogP contribution in [-0.4, -0.2) is 73.0 Å². The van der Waals surface area contributed by atoms with E-state index in [0.717, 1.165) is 45.0 Å². The maximum absolute atomic E-state index is 12.5. The smallest absolute Gasteiger partial charge is 0.254 e. The van der Waals surface area contributed by atoms with Gasteiger partial charge in [0.15, 0.2) is 0 Å². The molecule has 0 aliphatic carbocycles. The largest absolute Gasteiger partial charge is 0.354 e. The van der Waals surface area contributed by atoms with Crippen molar-refractivity contribution < 1.29 is 4.79 Å². The molecule has 6 nitrogen and oxygen atoms in total. The van der Waals surface area contributed by atoms with Crippen molar-refractivity contribution in [2.24, 2.45) is 5.73 Å². The van der Waals surface area contributed by atoms with E-state index < -0.39 is 0 Å². The summed E-state index contributed by atoms with van der Waals surface area (Å²) in [4.78, 5) is 23.3. The highest BCUT2D eigenvalue weighted by Crippen LogP contribution is 2.18. The fourth-order valence-electron chi connectivity index (χ4n) is 2.91. The number of carbonyl (C=O) groups is 1. The number of piperazine rings is 1. The van der Waals surface area contributed by atoms with Crippen LogP contribution in [0.2, 0.25) is 0 Å². The number of anilines is 1. The quantitative estimate of drug-likeness (QED) is 0.830. The van der Waals surface area contributed by atoms with Crippen LogP contribution >= 0.6 is 0 Å². The highest BCUT2D eigenvalue weighted by Gasteiger charge is 2.25. The first-order valence-corrected chi connectivity index (χ1v) is 7.58. The van der Waals surface area contributed by atoms with Crippen LogP contribution in [0.4, 0.5) is 5.82 Å². The summed E-state index contributed by atoms with van der Waals surface area (Å²) in [6.07, 6.45) is 2.62. The molecule has 2 fully saturated rings. The van der Waals surface area contributed by atoms with E-state index >= 15 is 0 Å². The summed E-state index contributed by atoms with van der Waals surface area (Å²) >= 11 is 0. The molecule has 0 radical (unpaired) electrons. The van der Waals surface area contributed by atoms with Crippen molar-refractivity contribution >= 4 is 11.7 Å². The van der Waals surface area contributed by atoms with Crippen LogP contribution in [0.25, 0.3) is 0 Å². The molecule has 1 aromatic rings. The highest BCUT2D eigenvalue weighted by molar-refractivity contribution is 5.95. The molecule has 0 aromatic carbocycles. The zero-order chi connectivity index (χ0) is 14.8. The van der Waals surface area contributed by atoms with E-state index in [0.29, 0.717) is 12.1 Å². The van der Waals surface area contributed by atoms with Gasteiger partial charge in [-0.3, -0.25) is 4.79 Å². The second kappa shape index (κ2) is 5.99. The van der Waals surface area contributed by atoms with Gasteiger partial charge in [-0.25, -0.2) is 4.98 Å². The normalized spacial score (nSPS) is 23.6. The molecule has 3 rings (SSSR count). The summed E-state index contributed by atoms with van der Waals surface area (Å²) in [6, 6.07) is 3.83. The van der Waals surface area contributed by atoms with Gasteiger partial charge >= 0.3 is 0 Å². The molecule has 0 spiro atoms. The number of carbonyl (C=O) groups excluding carboxylic acids is 1. The maximum atomic E-state index is 12.5. The molecule has 1 amide bonds. The van der Waals surface area contributed by atoms with Crippen molar-refractivity contribution in [1.29, 1.82) is 0 Å². The Morgan fingerprint density at radius 3 is 2.71 bits per heavy atom. The summed E-state index contributed by atoms with van der Waals surface area (Å²) in [7, 11) is 2.13. The molecule has 0 unspecified atom stereocenters. The van der Waals surface area contributed by atoms with E-state index in [9.17, 15) is 4.79 Å². The van der Waals surface area contributed by atoms with Crippen LogP contribution < -0.4 is 10.6 Å². The molecule has 3 heterocycles. The Morgan fingerprint density at radius 2 is 2.05 bits per heavy atom. The van der Waals surface area contributed by atoms with Gasteiger partial charge in [0.2, 0.25) is 0 Å². The lowest BCUT2D eigenvalue weighted by atomic mass is 10.2. The van der Waals surface area contributed by atoms with Gasteiger partial charge < -0.3 is 20.4 Å². The first-order valence-electron chi connectivity index (χ1n) is 7.58. The van der Waals surface area contributed by atoms with E-state index in [2.05, 4.69) is 21.8 Å². The van der Waals surface area contributed by atoms with Gasteiger partial charge in [0.1, 0.15) is 5.82 Å². The van der Waals surface area contributed by atoms with Gasteiger partial charge in [0.25, 0.3) is 5.91 Å². The summed E-state index contributed by atoms with van der Waals surface area (Å²) in [5.74, 6) is 0.971. The van der Waals surface area contributed by atoms with Crippen molar-refractivity contribution in [3.8, 4) is 0 Å². The third kappa shape index (κ3) is 3.16. The molecule has 2 aliphatic heterocycles. The fourth-order valence-corrected chi connectivity index (χ4v) is 2.91. The molecule has 21 heavy (non-hydrogen) atoms. The van der Waals surface area contributed by atoms with E-state index in [1.165, 1.54) is 0 Å². The summed E-state index contributed by atoms with van der Waals surface area (Å²) in [6.45, 7) is 5.38. The van der Waals surface area contributed by atoms with Crippen molar-refractivity contribution in [2.45, 2.75) is 12.5 Å². The van der Waals surface area contributed by atoms with E-state index in [1.54, 1.807) is 12.3 Å². The van der Waals surface area contributed by atoms with Crippen LogP contribution in [0.1, 0.15) is 16.8 Å². The maximum Gasteiger partial charge on any atom is 0.254 e. The first-order chi connectivity index (χ1) is 10.1. The number of hydrogen-bond donors (Lipinski definition) is 1. The van der Waals surface area contributed by atoms with Crippen molar-refractivity contribution in [3.63, 3.8) is 0 Å². The van der Waals surface area contributed by atoms with Crippen LogP contribution in [-0.2, 0) is 0 Å². The fraction of sp³-hybridized carbons (Fsp3) is 0.600. The van der Waals surface area contributed by atoms with Crippen LogP contribution in [0.3, 0.4) is 0 Å². The number of likely N-dealkylation sites (tertiary alicyclic amines) is 1. The van der Waals surface area contributed by atoms with Gasteiger partial charge in [-0.15, -0.1) is 0 Å². The van der Waals surface area contributed by atoms with Crippen molar-refractivity contribution in [3.05, 3.63) is 23.9 Å². The average Bonchev–Trinajstić information content (AvgIpc) is 2.94. The van der Waals surface area contributed by atoms with Crippen molar-refractivity contribution in [1.82, 2.24) is 14.8 Å². The third-order valence-corrected chi connectivity index (χ3v) is 4.33. The predicted molar refractivity (Wildman–Crippen MR) is 82.4 cm³/mol. The number of nitrogens with zero attached hydrogens (tertiary/aromatic N) is 4. The molecule has 114 valence electrons. The topological polar surface area (TPSA) is 65.7 Å². The lowest BCUT2D eigenvalue weighted by Crippen LogP contribution is -2.44. The zero-order valence-corrected chi connectivity index (χ0v) is 12.5. The standard InChI is InChI=1S/C15H23N5O/c1-18-6-8-19(9-7-18)14-10-12(2-4-17-14)15(21)20-5-3-13(16)11-20/h2,4,10,13H,3,5-9,11,16H2,1H3/t13-/m0/s1. The highest BCUT2D eigenvalue weighted by atomic mass is 16.2. The third-order valence-electron chi connectivity index (χ3n) is 4.33. The van der Waals surface area contributed by atoms with Gasteiger partial charge in [0, 0.05) is 57.1 Å². The van der Waals surface area contributed by atoms with E-state index in [4.69, 9.17) is 5.73 Å². The lowest BCUT2D eigenvalue weighted by molar-refractivity contribution is 0.0791. The van der Waals surface area contributed by atoms with Crippen molar-refractivity contribution in [2.75, 3.05) is 51.2 Å². The number of likely N-dealkylation sites (N-methyl/N-ethyl adjacent to an activating group) is 1. The number of hydrogen-bond acceptors (Lipinski definition) is 5. The number of amides is 1. The molecular formula is C15H23N5O. The van der Waals surface area contributed by atoms with Gasteiger partial charge in [-0.1, -0.05) is 0 Å². The SMILES string of the molecule is CN1CCN(c2cc(C(=O)N3CC[C@H](N)C3)ccn2)CC1. The molecule has 2 N–H and O–H groups in total. The van der Waals surface area contributed by atoms with Gasteiger partial charge in [-0.05, 0) is 25.6 Å². The lowest BCUT2D eigenvalue weighted by Gasteiger charge is -2.33. The number of pyridine rings is 1. The Morgan fingerprint density at radius 1 is 1.29 bits per heavy atom. The Bertz CT molecular complexity index is 513. The Labute approximate surface area is 125 Å². The van der Waals surface area contributed by atoms with E-state index in [-0.39, 0.29) is 11.9 Å². The first kappa shape index (κ1) is 14.3. The monoisotopic (exact) mass is 289 g/mol. The van der Waals surface area contributed by atoms with Crippen LogP contribution in [0.5, 0.6) is 0 Å². The minimum absolute atomic E-state index is 0.0701. The molecule has 0 saturated carbocycles. The minimum Gasteiger partial charge on any atom is -0.354 e. The van der Waals surface area contributed by atoms with Gasteiger partial charge in [-0.2, -0.15) is 0 Å². The van der Waals surface area contributed by atoms with E-state index in [1.807, 2.05) is 11.0 Å². The van der Waals surface area contributed by atoms with Gasteiger partial charge in [0.05, 0.1) is 0 Å². The zero-order valence-electron chi connectivity index (χ0n) is 12.5. The van der Waals surface area contributed by atoms with Crippen LogP contribution in [0.15, 0.2) is 18.3 Å². The Hall–Kier alpha value is -1.66.